The van der Waals surface area contributed by atoms with E-state index in [0.717, 1.165) is 36.8 Å². The zero-order valence-electron chi connectivity index (χ0n) is 19.5. The summed E-state index contributed by atoms with van der Waals surface area (Å²) in [7, 11) is 0. The third-order valence-electron chi connectivity index (χ3n) is 5.84. The van der Waals surface area contributed by atoms with Crippen LogP contribution in [0.25, 0.3) is 0 Å². The lowest BCUT2D eigenvalue weighted by Crippen LogP contribution is -2.43. The molecule has 0 aromatic heterocycles. The van der Waals surface area contributed by atoms with Gasteiger partial charge in [0.2, 0.25) is 5.91 Å². The molecule has 3 rings (SSSR count). The molecule has 0 radical (unpaired) electrons. The molecule has 1 heterocycles. The molecule has 2 aromatic carbocycles. The van der Waals surface area contributed by atoms with E-state index in [1.807, 2.05) is 24.3 Å². The van der Waals surface area contributed by atoms with E-state index in [9.17, 15) is 9.59 Å². The number of unbranched alkanes of at least 4 members (excludes halogenated alkanes) is 3. The predicted octanol–water partition coefficient (Wildman–Crippen LogP) is 6.28. The number of fused-ring (bicyclic) bond motifs is 1. The third kappa shape index (κ3) is 6.79. The zero-order valence-corrected chi connectivity index (χ0v) is 21.8. The van der Waals surface area contributed by atoms with Gasteiger partial charge in [0.25, 0.3) is 0 Å². The molecule has 0 aliphatic carbocycles. The van der Waals surface area contributed by atoms with E-state index >= 15 is 0 Å². The molecule has 0 unspecified atom stereocenters. The molecule has 1 aliphatic rings. The number of hydrogen-bond donors (Lipinski definition) is 2. The highest BCUT2D eigenvalue weighted by Gasteiger charge is 2.38. The molecule has 6 nitrogen and oxygen atoms in total. The number of carbonyl (C=O) groups is 2. The summed E-state index contributed by atoms with van der Waals surface area (Å²) in [5.74, 6) is -0.508. The number of nitrogens with two attached hydrogens (primary N) is 1. The van der Waals surface area contributed by atoms with E-state index in [-0.39, 0.29) is 24.3 Å². The van der Waals surface area contributed by atoms with Crippen molar-refractivity contribution in [1.29, 1.82) is 0 Å². The van der Waals surface area contributed by atoms with Crippen LogP contribution in [0.2, 0.25) is 10.0 Å². The Kier molecular flexibility index (Phi) is 11.0. The molecule has 34 heavy (non-hydrogen) atoms. The molecular weight excluding hydrogens is 497 g/mol. The van der Waals surface area contributed by atoms with Gasteiger partial charge in [-0.2, -0.15) is 0 Å². The Labute approximate surface area is 217 Å². The molecule has 0 saturated heterocycles. The molecule has 2 atom stereocenters. The molecule has 0 bridgehead atoms. The summed E-state index contributed by atoms with van der Waals surface area (Å²) in [6.45, 7) is 4.43. The van der Waals surface area contributed by atoms with Crippen molar-refractivity contribution in [1.82, 2.24) is 0 Å². The van der Waals surface area contributed by atoms with Crippen LogP contribution in [0, 0.1) is 0 Å². The summed E-state index contributed by atoms with van der Waals surface area (Å²) in [5, 5.41) is 4.11. The van der Waals surface area contributed by atoms with Crippen LogP contribution in [0.15, 0.2) is 36.4 Å². The van der Waals surface area contributed by atoms with Gasteiger partial charge in [-0.05, 0) is 36.2 Å². The SMILES string of the molecule is CCCCCCOC(=O)[C@@H]1C[C@@H](N(C(C)=O)c2ccc(CN)cc2)c2c(Cl)cc(Cl)cc2N1.Cl. The van der Waals surface area contributed by atoms with Crippen LogP contribution in [-0.4, -0.2) is 24.5 Å². The van der Waals surface area contributed by atoms with Crippen molar-refractivity contribution in [2.24, 2.45) is 5.73 Å². The average Bonchev–Trinajstić information content (AvgIpc) is 2.78. The standard InChI is InChI=1S/C25H31Cl2N3O3.ClH/c1-3-4-5-6-11-33-25(32)22-14-23(24-20(27)12-18(26)13-21(24)29-22)30(16(2)31)19-9-7-17(15-28)8-10-19;/h7-10,12-13,22-23,29H,3-6,11,14-15,28H2,1-2H3;1H/t22-,23+;/m0./s1. The Morgan fingerprint density at radius 3 is 2.47 bits per heavy atom. The van der Waals surface area contributed by atoms with Gasteiger partial charge < -0.3 is 20.7 Å². The monoisotopic (exact) mass is 527 g/mol. The van der Waals surface area contributed by atoms with Gasteiger partial charge in [-0.25, -0.2) is 4.79 Å². The molecular formula is C25H32Cl3N3O3. The lowest BCUT2D eigenvalue weighted by Gasteiger charge is -2.39. The number of esters is 1. The highest BCUT2D eigenvalue weighted by atomic mass is 35.5. The fraction of sp³-hybridized carbons (Fsp3) is 0.440. The first-order chi connectivity index (χ1) is 15.8. The number of nitrogens with one attached hydrogen (secondary N) is 1. The van der Waals surface area contributed by atoms with Gasteiger partial charge in [0.15, 0.2) is 0 Å². The van der Waals surface area contributed by atoms with Crippen LogP contribution in [0.1, 0.15) is 63.1 Å². The Balaban J connectivity index is 0.00000408. The second-order valence-electron chi connectivity index (χ2n) is 8.29. The van der Waals surface area contributed by atoms with Crippen molar-refractivity contribution in [3.05, 3.63) is 57.6 Å². The van der Waals surface area contributed by atoms with Gasteiger partial charge in [0, 0.05) is 46.9 Å². The Hall–Kier alpha value is -1.99. The minimum absolute atomic E-state index is 0. The second-order valence-corrected chi connectivity index (χ2v) is 9.13. The minimum atomic E-state index is -0.631. The highest BCUT2D eigenvalue weighted by Crippen LogP contribution is 2.44. The van der Waals surface area contributed by atoms with Gasteiger partial charge in [0.05, 0.1) is 12.6 Å². The summed E-state index contributed by atoms with van der Waals surface area (Å²) >= 11 is 12.8. The number of benzene rings is 2. The Morgan fingerprint density at radius 1 is 1.15 bits per heavy atom. The van der Waals surface area contributed by atoms with Crippen LogP contribution < -0.4 is 16.0 Å². The average molecular weight is 529 g/mol. The molecule has 0 saturated carbocycles. The van der Waals surface area contributed by atoms with Crippen LogP contribution >= 0.6 is 35.6 Å². The summed E-state index contributed by atoms with van der Waals surface area (Å²) in [4.78, 5) is 27.4. The van der Waals surface area contributed by atoms with Gasteiger partial charge >= 0.3 is 5.97 Å². The topological polar surface area (TPSA) is 84.7 Å². The van der Waals surface area contributed by atoms with E-state index in [0.29, 0.717) is 41.0 Å². The smallest absolute Gasteiger partial charge is 0.328 e. The normalized spacial score (nSPS) is 16.6. The highest BCUT2D eigenvalue weighted by molar-refractivity contribution is 6.35. The number of halogens is 3. The fourth-order valence-corrected chi connectivity index (χ4v) is 4.82. The summed E-state index contributed by atoms with van der Waals surface area (Å²) in [6.07, 6.45) is 4.40. The number of amides is 1. The van der Waals surface area contributed by atoms with Crippen LogP contribution in [-0.2, 0) is 20.9 Å². The number of anilines is 2. The molecule has 0 spiro atoms. The van der Waals surface area contributed by atoms with Crippen LogP contribution in [0.5, 0.6) is 0 Å². The summed E-state index contributed by atoms with van der Waals surface area (Å²) in [5.41, 5.74) is 8.74. The molecule has 1 aliphatic heterocycles. The van der Waals surface area contributed by atoms with Gasteiger partial charge in [-0.3, -0.25) is 4.79 Å². The number of ether oxygens (including phenoxy) is 1. The maximum Gasteiger partial charge on any atom is 0.328 e. The number of carbonyl (C=O) groups excluding carboxylic acids is 2. The van der Waals surface area contributed by atoms with E-state index in [4.69, 9.17) is 33.7 Å². The van der Waals surface area contributed by atoms with Crippen LogP contribution in [0.3, 0.4) is 0 Å². The van der Waals surface area contributed by atoms with Crippen molar-refractivity contribution >= 4 is 58.9 Å². The Bertz CT molecular complexity index is 985. The van der Waals surface area contributed by atoms with Crippen molar-refractivity contribution in [2.75, 3.05) is 16.8 Å². The van der Waals surface area contributed by atoms with Gasteiger partial charge in [-0.15, -0.1) is 12.4 Å². The molecule has 1 amide bonds. The first-order valence-corrected chi connectivity index (χ1v) is 12.1. The molecule has 9 heteroatoms. The first-order valence-electron chi connectivity index (χ1n) is 11.4. The van der Waals surface area contributed by atoms with Gasteiger partial charge in [-0.1, -0.05) is 61.5 Å². The minimum Gasteiger partial charge on any atom is -0.464 e. The maximum absolute atomic E-state index is 12.9. The Morgan fingerprint density at radius 2 is 1.85 bits per heavy atom. The van der Waals surface area contributed by atoms with E-state index < -0.39 is 12.1 Å². The maximum atomic E-state index is 12.9. The number of nitrogens with zero attached hydrogens (tertiary/aromatic N) is 1. The van der Waals surface area contributed by atoms with Crippen LogP contribution in [0.4, 0.5) is 11.4 Å². The lowest BCUT2D eigenvalue weighted by atomic mass is 9.90. The van der Waals surface area contributed by atoms with Crippen molar-refractivity contribution in [2.45, 2.75) is 64.6 Å². The molecule has 0 fully saturated rings. The summed E-state index contributed by atoms with van der Waals surface area (Å²) < 4.78 is 5.54. The van der Waals surface area contributed by atoms with E-state index in [1.54, 1.807) is 17.0 Å². The summed E-state index contributed by atoms with van der Waals surface area (Å²) in [6, 6.07) is 9.77. The zero-order chi connectivity index (χ0) is 24.0. The molecule has 186 valence electrons. The largest absolute Gasteiger partial charge is 0.464 e. The number of hydrogen-bond acceptors (Lipinski definition) is 5. The first kappa shape index (κ1) is 28.2. The fourth-order valence-electron chi connectivity index (χ4n) is 4.20. The third-order valence-corrected chi connectivity index (χ3v) is 6.38. The lowest BCUT2D eigenvalue weighted by molar-refractivity contribution is -0.145. The predicted molar refractivity (Wildman–Crippen MR) is 141 cm³/mol. The quantitative estimate of drug-likeness (QED) is 0.296. The van der Waals surface area contributed by atoms with E-state index in [2.05, 4.69) is 12.2 Å². The van der Waals surface area contributed by atoms with Crippen molar-refractivity contribution < 1.29 is 14.3 Å². The van der Waals surface area contributed by atoms with Gasteiger partial charge in [0.1, 0.15) is 6.04 Å². The second kappa shape index (κ2) is 13.2. The van der Waals surface area contributed by atoms with Crippen molar-refractivity contribution in [3.8, 4) is 0 Å². The molecule has 3 N–H and O–H groups in total. The molecule has 2 aromatic rings. The number of rotatable bonds is 9. The van der Waals surface area contributed by atoms with E-state index in [1.165, 1.54) is 6.92 Å². The van der Waals surface area contributed by atoms with Crippen molar-refractivity contribution in [3.63, 3.8) is 0 Å².